The zero-order valence-corrected chi connectivity index (χ0v) is 14.1. The van der Waals surface area contributed by atoms with Gasteiger partial charge in [-0.2, -0.15) is 5.10 Å². The Bertz CT molecular complexity index is 1160. The Morgan fingerprint density at radius 3 is 2.50 bits per heavy atom. The highest BCUT2D eigenvalue weighted by molar-refractivity contribution is 5.92. The smallest absolute Gasteiger partial charge is 0.309 e. The molecule has 144 valence electrons. The van der Waals surface area contributed by atoms with Crippen molar-refractivity contribution in [3.05, 3.63) is 64.1 Å². The average molecular weight is 389 g/mol. The molecule has 0 radical (unpaired) electrons. The summed E-state index contributed by atoms with van der Waals surface area (Å²) in [5.41, 5.74) is -1.08. The Balaban J connectivity index is 1.96. The number of aromatic nitrogens is 2. The first-order valence-corrected chi connectivity index (χ1v) is 7.94. The Kier molecular flexibility index (Phi) is 5.03. The molecule has 10 heteroatoms. The molecule has 0 unspecified atom stereocenters. The highest BCUT2D eigenvalue weighted by atomic mass is 19.1. The van der Waals surface area contributed by atoms with Crippen LogP contribution < -0.4 is 10.9 Å². The van der Waals surface area contributed by atoms with E-state index in [1.165, 1.54) is 6.07 Å². The second-order valence-corrected chi connectivity index (χ2v) is 5.86. The molecule has 0 spiro atoms. The number of halogens is 2. The average Bonchev–Trinajstić information content (AvgIpc) is 2.62. The van der Waals surface area contributed by atoms with Gasteiger partial charge in [-0.25, -0.2) is 13.5 Å². The summed E-state index contributed by atoms with van der Waals surface area (Å²) in [5.74, 6) is -5.31. The van der Waals surface area contributed by atoms with Crippen LogP contribution in [0.1, 0.15) is 5.69 Å². The van der Waals surface area contributed by atoms with Crippen molar-refractivity contribution >= 4 is 28.3 Å². The SMILES string of the molecule is O=C(O)Cc1nn(CC(=O)Nc2cc(F)cc(F)c2O)c(=O)c2ccccc12. The minimum absolute atomic E-state index is 0.0788. The third-order valence-electron chi connectivity index (χ3n) is 3.86. The quantitative estimate of drug-likeness (QED) is 0.571. The van der Waals surface area contributed by atoms with E-state index >= 15 is 0 Å². The van der Waals surface area contributed by atoms with Crippen molar-refractivity contribution in [2.45, 2.75) is 13.0 Å². The van der Waals surface area contributed by atoms with Crippen LogP contribution in [-0.2, 0) is 22.6 Å². The number of fused-ring (bicyclic) bond motifs is 1. The molecular formula is C18H13F2N3O5. The number of carboxylic acids is 1. The fraction of sp³-hybridized carbons (Fsp3) is 0.111. The number of amides is 1. The van der Waals surface area contributed by atoms with Crippen molar-refractivity contribution in [2.24, 2.45) is 0 Å². The van der Waals surface area contributed by atoms with E-state index in [9.17, 15) is 28.3 Å². The van der Waals surface area contributed by atoms with Crippen LogP contribution in [0, 0.1) is 11.6 Å². The van der Waals surface area contributed by atoms with Crippen LogP contribution in [-0.4, -0.2) is 31.9 Å². The molecule has 1 heterocycles. The number of phenols is 1. The molecule has 0 saturated heterocycles. The summed E-state index contributed by atoms with van der Waals surface area (Å²) in [6, 6.07) is 7.35. The van der Waals surface area contributed by atoms with Crippen molar-refractivity contribution < 1.29 is 28.6 Å². The van der Waals surface area contributed by atoms with E-state index in [2.05, 4.69) is 10.4 Å². The van der Waals surface area contributed by atoms with Gasteiger partial charge in [0.25, 0.3) is 5.56 Å². The number of aromatic hydroxyl groups is 1. The first-order chi connectivity index (χ1) is 13.3. The van der Waals surface area contributed by atoms with Crippen LogP contribution >= 0.6 is 0 Å². The molecule has 0 bridgehead atoms. The number of nitrogens with one attached hydrogen (secondary N) is 1. The maximum atomic E-state index is 13.4. The summed E-state index contributed by atoms with van der Waals surface area (Å²) >= 11 is 0. The van der Waals surface area contributed by atoms with Crippen LogP contribution in [0.4, 0.5) is 14.5 Å². The molecule has 0 aliphatic rings. The molecule has 3 aromatic rings. The molecule has 1 amide bonds. The predicted molar refractivity (Wildman–Crippen MR) is 94.0 cm³/mol. The third-order valence-corrected chi connectivity index (χ3v) is 3.86. The van der Waals surface area contributed by atoms with Crippen molar-refractivity contribution in [3.63, 3.8) is 0 Å². The number of hydrogen-bond acceptors (Lipinski definition) is 5. The molecule has 3 N–H and O–H groups in total. The summed E-state index contributed by atoms with van der Waals surface area (Å²) in [7, 11) is 0. The molecular weight excluding hydrogens is 376 g/mol. The van der Waals surface area contributed by atoms with Gasteiger partial charge in [0.05, 0.1) is 23.2 Å². The molecule has 0 fully saturated rings. The van der Waals surface area contributed by atoms with Crippen molar-refractivity contribution in [3.8, 4) is 5.75 Å². The summed E-state index contributed by atoms with van der Waals surface area (Å²) < 4.78 is 27.4. The van der Waals surface area contributed by atoms with E-state index in [1.54, 1.807) is 18.2 Å². The largest absolute Gasteiger partial charge is 0.503 e. The molecule has 0 atom stereocenters. The van der Waals surface area contributed by atoms with Gasteiger partial charge in [-0.05, 0) is 6.07 Å². The van der Waals surface area contributed by atoms with E-state index in [-0.39, 0.29) is 11.1 Å². The van der Waals surface area contributed by atoms with Gasteiger partial charge < -0.3 is 15.5 Å². The van der Waals surface area contributed by atoms with E-state index in [0.717, 1.165) is 4.68 Å². The minimum atomic E-state index is -1.26. The summed E-state index contributed by atoms with van der Waals surface area (Å²) in [4.78, 5) is 35.8. The monoisotopic (exact) mass is 389 g/mol. The highest BCUT2D eigenvalue weighted by Crippen LogP contribution is 2.27. The van der Waals surface area contributed by atoms with Gasteiger partial charge in [0, 0.05) is 17.5 Å². The standard InChI is InChI=1S/C18H13F2N3O5/c19-9-5-12(20)17(27)14(6-9)21-15(24)8-23-18(28)11-4-2-1-3-10(11)13(22-23)7-16(25)26/h1-6,27H,7-8H2,(H,21,24)(H,25,26). The van der Waals surface area contributed by atoms with Gasteiger partial charge in [-0.15, -0.1) is 0 Å². The van der Waals surface area contributed by atoms with Gasteiger partial charge >= 0.3 is 5.97 Å². The van der Waals surface area contributed by atoms with E-state index in [4.69, 9.17) is 5.11 Å². The Morgan fingerprint density at radius 1 is 1.14 bits per heavy atom. The fourth-order valence-electron chi connectivity index (χ4n) is 2.67. The zero-order chi connectivity index (χ0) is 20.4. The van der Waals surface area contributed by atoms with Gasteiger partial charge in [0.15, 0.2) is 11.6 Å². The second kappa shape index (κ2) is 7.43. The Hall–Kier alpha value is -3.82. The second-order valence-electron chi connectivity index (χ2n) is 5.86. The first-order valence-electron chi connectivity index (χ1n) is 7.94. The van der Waals surface area contributed by atoms with Crippen LogP contribution in [0.15, 0.2) is 41.2 Å². The topological polar surface area (TPSA) is 122 Å². The maximum absolute atomic E-state index is 13.4. The number of benzene rings is 2. The molecule has 2 aromatic carbocycles. The third kappa shape index (κ3) is 3.80. The number of carbonyl (C=O) groups is 2. The Morgan fingerprint density at radius 2 is 1.82 bits per heavy atom. The van der Waals surface area contributed by atoms with E-state index in [0.29, 0.717) is 17.5 Å². The van der Waals surface area contributed by atoms with Crippen molar-refractivity contribution in [2.75, 3.05) is 5.32 Å². The molecule has 3 rings (SSSR count). The van der Waals surface area contributed by atoms with Crippen LogP contribution in [0.2, 0.25) is 0 Å². The Labute approximate surface area is 155 Å². The first kappa shape index (κ1) is 19.0. The van der Waals surface area contributed by atoms with E-state index in [1.807, 2.05) is 0 Å². The van der Waals surface area contributed by atoms with Crippen LogP contribution in [0.25, 0.3) is 10.8 Å². The van der Waals surface area contributed by atoms with Gasteiger partial charge in [0.2, 0.25) is 5.91 Å². The molecule has 1 aromatic heterocycles. The number of rotatable bonds is 5. The van der Waals surface area contributed by atoms with E-state index < -0.39 is 53.5 Å². The number of carboxylic acid groups (broad SMARTS) is 1. The van der Waals surface area contributed by atoms with Gasteiger partial charge in [-0.1, -0.05) is 18.2 Å². The molecule has 0 aliphatic heterocycles. The summed E-state index contributed by atoms with van der Waals surface area (Å²) in [6.07, 6.45) is -0.474. The number of hydrogen-bond donors (Lipinski definition) is 3. The minimum Gasteiger partial charge on any atom is -0.503 e. The lowest BCUT2D eigenvalue weighted by Crippen LogP contribution is -2.31. The summed E-state index contributed by atoms with van der Waals surface area (Å²) in [5, 5.41) is 25.1. The van der Waals surface area contributed by atoms with Crippen LogP contribution in [0.3, 0.4) is 0 Å². The van der Waals surface area contributed by atoms with Crippen molar-refractivity contribution in [1.29, 1.82) is 0 Å². The number of anilines is 1. The number of nitrogens with zero attached hydrogens (tertiary/aromatic N) is 2. The molecule has 0 saturated carbocycles. The van der Waals surface area contributed by atoms with Crippen molar-refractivity contribution in [1.82, 2.24) is 9.78 Å². The van der Waals surface area contributed by atoms with Gasteiger partial charge in [-0.3, -0.25) is 14.4 Å². The normalized spacial score (nSPS) is 10.8. The molecule has 8 nitrogen and oxygen atoms in total. The zero-order valence-electron chi connectivity index (χ0n) is 14.1. The number of phenolic OH excluding ortho intramolecular Hbond substituents is 1. The highest BCUT2D eigenvalue weighted by Gasteiger charge is 2.17. The van der Waals surface area contributed by atoms with Gasteiger partial charge in [0.1, 0.15) is 12.4 Å². The predicted octanol–water partition coefficient (Wildman–Crippen LogP) is 1.65. The lowest BCUT2D eigenvalue weighted by molar-refractivity contribution is -0.136. The lowest BCUT2D eigenvalue weighted by Gasteiger charge is -2.11. The number of aliphatic carboxylic acids is 1. The summed E-state index contributed by atoms with van der Waals surface area (Å²) in [6.45, 7) is -0.659. The fourth-order valence-corrected chi connectivity index (χ4v) is 2.67. The van der Waals surface area contributed by atoms with Crippen LogP contribution in [0.5, 0.6) is 5.75 Å². The molecule has 28 heavy (non-hydrogen) atoms. The maximum Gasteiger partial charge on any atom is 0.309 e. The number of carbonyl (C=O) groups excluding carboxylic acids is 1. The lowest BCUT2D eigenvalue weighted by atomic mass is 10.1. The molecule has 0 aliphatic carbocycles.